The minimum Gasteiger partial charge on any atom is -0.354 e. The number of rotatable bonds is 4. The molecule has 3 aromatic rings. The van der Waals surface area contributed by atoms with Gasteiger partial charge in [-0.15, -0.1) is 0 Å². The van der Waals surface area contributed by atoms with Gasteiger partial charge in [0, 0.05) is 60.9 Å². The standard InChI is InChI=1S/C20H20ClN5O2S/c1-15-14-19(24-20(23-15)16-6-8-22-9-7-16)25-10-12-26(13-11-25)29(27,28)18-4-2-17(21)3-5-18/h2-9,14H,10-13H2,1H3. The van der Waals surface area contributed by atoms with E-state index in [1.165, 1.54) is 4.31 Å². The number of hydrogen-bond donors (Lipinski definition) is 0. The van der Waals surface area contributed by atoms with Crippen LogP contribution >= 0.6 is 11.6 Å². The quantitative estimate of drug-likeness (QED) is 0.634. The molecule has 1 aromatic carbocycles. The number of aromatic nitrogens is 3. The lowest BCUT2D eigenvalue weighted by Gasteiger charge is -2.34. The number of benzene rings is 1. The molecule has 0 bridgehead atoms. The first-order chi connectivity index (χ1) is 13.9. The third kappa shape index (κ3) is 4.24. The molecule has 0 aliphatic carbocycles. The predicted molar refractivity (Wildman–Crippen MR) is 112 cm³/mol. The van der Waals surface area contributed by atoms with E-state index in [-0.39, 0.29) is 4.90 Å². The summed E-state index contributed by atoms with van der Waals surface area (Å²) < 4.78 is 27.2. The first kappa shape index (κ1) is 19.8. The largest absolute Gasteiger partial charge is 0.354 e. The normalized spacial score (nSPS) is 15.4. The maximum atomic E-state index is 12.9. The van der Waals surface area contributed by atoms with Crippen molar-refractivity contribution in [1.82, 2.24) is 19.3 Å². The average Bonchev–Trinajstić information content (AvgIpc) is 2.74. The summed E-state index contributed by atoms with van der Waals surface area (Å²) in [6, 6.07) is 11.9. The molecule has 0 N–H and O–H groups in total. The van der Waals surface area contributed by atoms with Gasteiger partial charge in [0.1, 0.15) is 5.82 Å². The lowest BCUT2D eigenvalue weighted by atomic mass is 10.2. The van der Waals surface area contributed by atoms with E-state index in [1.807, 2.05) is 25.1 Å². The third-order valence-corrected chi connectivity index (χ3v) is 6.96. The van der Waals surface area contributed by atoms with Crippen LogP contribution in [0, 0.1) is 6.92 Å². The van der Waals surface area contributed by atoms with Gasteiger partial charge in [-0.25, -0.2) is 18.4 Å². The fraction of sp³-hybridized carbons (Fsp3) is 0.250. The van der Waals surface area contributed by atoms with Crippen LogP contribution in [-0.4, -0.2) is 53.9 Å². The molecule has 2 aromatic heterocycles. The molecule has 150 valence electrons. The summed E-state index contributed by atoms with van der Waals surface area (Å²) in [7, 11) is -3.54. The molecule has 0 radical (unpaired) electrons. The summed E-state index contributed by atoms with van der Waals surface area (Å²) in [5.74, 6) is 1.44. The van der Waals surface area contributed by atoms with Crippen LogP contribution in [0.4, 0.5) is 5.82 Å². The van der Waals surface area contributed by atoms with E-state index in [0.717, 1.165) is 17.1 Å². The lowest BCUT2D eigenvalue weighted by molar-refractivity contribution is 0.384. The zero-order chi connectivity index (χ0) is 20.4. The predicted octanol–water partition coefficient (Wildman–Crippen LogP) is 3.01. The fourth-order valence-electron chi connectivity index (χ4n) is 3.26. The van der Waals surface area contributed by atoms with Crippen LogP contribution < -0.4 is 4.90 Å². The van der Waals surface area contributed by atoms with Crippen molar-refractivity contribution < 1.29 is 8.42 Å². The van der Waals surface area contributed by atoms with Crippen LogP contribution in [0.3, 0.4) is 0 Å². The number of halogens is 1. The first-order valence-electron chi connectivity index (χ1n) is 9.20. The zero-order valence-corrected chi connectivity index (χ0v) is 17.4. The van der Waals surface area contributed by atoms with Crippen molar-refractivity contribution >= 4 is 27.4 Å². The Morgan fingerprint density at radius 1 is 0.931 bits per heavy atom. The SMILES string of the molecule is Cc1cc(N2CCN(S(=O)(=O)c3ccc(Cl)cc3)CC2)nc(-c2ccncc2)n1. The molecule has 0 saturated carbocycles. The molecule has 0 unspecified atom stereocenters. The van der Waals surface area contributed by atoms with Crippen molar-refractivity contribution in [3.8, 4) is 11.4 Å². The number of sulfonamides is 1. The van der Waals surface area contributed by atoms with E-state index in [0.29, 0.717) is 37.0 Å². The van der Waals surface area contributed by atoms with E-state index in [2.05, 4.69) is 19.9 Å². The van der Waals surface area contributed by atoms with Gasteiger partial charge in [0.15, 0.2) is 5.82 Å². The second-order valence-electron chi connectivity index (χ2n) is 6.77. The van der Waals surface area contributed by atoms with Gasteiger partial charge in [-0.3, -0.25) is 4.98 Å². The third-order valence-electron chi connectivity index (χ3n) is 4.79. The molecule has 29 heavy (non-hydrogen) atoms. The molecular formula is C20H20ClN5O2S. The van der Waals surface area contributed by atoms with Gasteiger partial charge in [-0.05, 0) is 43.3 Å². The van der Waals surface area contributed by atoms with E-state index < -0.39 is 10.0 Å². The van der Waals surface area contributed by atoms with Crippen LogP contribution in [-0.2, 0) is 10.0 Å². The number of aryl methyl sites for hydroxylation is 1. The molecule has 1 aliphatic heterocycles. The Labute approximate surface area is 175 Å². The van der Waals surface area contributed by atoms with Crippen molar-refractivity contribution in [1.29, 1.82) is 0 Å². The Morgan fingerprint density at radius 2 is 1.59 bits per heavy atom. The minimum absolute atomic E-state index is 0.258. The Bertz CT molecular complexity index is 1100. The second-order valence-corrected chi connectivity index (χ2v) is 9.15. The summed E-state index contributed by atoms with van der Waals surface area (Å²) >= 11 is 5.87. The van der Waals surface area contributed by atoms with E-state index >= 15 is 0 Å². The molecule has 0 amide bonds. The number of nitrogens with zero attached hydrogens (tertiary/aromatic N) is 5. The smallest absolute Gasteiger partial charge is 0.243 e. The molecule has 1 fully saturated rings. The van der Waals surface area contributed by atoms with Crippen LogP contribution in [0.15, 0.2) is 59.8 Å². The molecule has 0 atom stereocenters. The van der Waals surface area contributed by atoms with Crippen molar-refractivity contribution in [2.45, 2.75) is 11.8 Å². The lowest BCUT2D eigenvalue weighted by Crippen LogP contribution is -2.49. The number of pyridine rings is 1. The average molecular weight is 430 g/mol. The molecule has 7 nitrogen and oxygen atoms in total. The summed E-state index contributed by atoms with van der Waals surface area (Å²) in [4.78, 5) is 15.6. The second kappa shape index (κ2) is 8.06. The first-order valence-corrected chi connectivity index (χ1v) is 11.0. The molecule has 1 aliphatic rings. The summed E-state index contributed by atoms with van der Waals surface area (Å²) in [6.45, 7) is 3.81. The van der Waals surface area contributed by atoms with Gasteiger partial charge in [-0.2, -0.15) is 4.31 Å². The fourth-order valence-corrected chi connectivity index (χ4v) is 4.81. The van der Waals surface area contributed by atoms with E-state index in [4.69, 9.17) is 11.6 Å². The molecule has 1 saturated heterocycles. The topological polar surface area (TPSA) is 79.3 Å². The Balaban J connectivity index is 1.51. The van der Waals surface area contributed by atoms with Crippen LogP contribution in [0.5, 0.6) is 0 Å². The molecule has 0 spiro atoms. The van der Waals surface area contributed by atoms with Crippen LogP contribution in [0.1, 0.15) is 5.69 Å². The molecule has 9 heteroatoms. The highest BCUT2D eigenvalue weighted by Gasteiger charge is 2.29. The highest BCUT2D eigenvalue weighted by molar-refractivity contribution is 7.89. The highest BCUT2D eigenvalue weighted by atomic mass is 35.5. The summed E-state index contributed by atoms with van der Waals surface area (Å²) in [5, 5.41) is 0.512. The molecular weight excluding hydrogens is 410 g/mol. The van der Waals surface area contributed by atoms with Crippen molar-refractivity contribution in [2.75, 3.05) is 31.1 Å². The van der Waals surface area contributed by atoms with E-state index in [1.54, 1.807) is 36.7 Å². The minimum atomic E-state index is -3.54. The highest BCUT2D eigenvalue weighted by Crippen LogP contribution is 2.23. The summed E-state index contributed by atoms with van der Waals surface area (Å²) in [5.41, 5.74) is 1.76. The van der Waals surface area contributed by atoms with Gasteiger partial charge in [0.2, 0.25) is 10.0 Å². The van der Waals surface area contributed by atoms with Crippen molar-refractivity contribution in [3.05, 3.63) is 65.6 Å². The van der Waals surface area contributed by atoms with Crippen molar-refractivity contribution in [2.24, 2.45) is 0 Å². The number of anilines is 1. The van der Waals surface area contributed by atoms with Gasteiger partial charge >= 0.3 is 0 Å². The zero-order valence-electron chi connectivity index (χ0n) is 15.9. The maximum absolute atomic E-state index is 12.9. The van der Waals surface area contributed by atoms with Gasteiger partial charge < -0.3 is 4.90 Å². The number of piperazine rings is 1. The van der Waals surface area contributed by atoms with Gasteiger partial charge in [0.05, 0.1) is 4.90 Å². The van der Waals surface area contributed by atoms with Gasteiger partial charge in [0.25, 0.3) is 0 Å². The Morgan fingerprint density at radius 3 is 2.24 bits per heavy atom. The molecule has 3 heterocycles. The summed E-state index contributed by atoms with van der Waals surface area (Å²) in [6.07, 6.45) is 3.42. The van der Waals surface area contributed by atoms with Crippen molar-refractivity contribution in [3.63, 3.8) is 0 Å². The maximum Gasteiger partial charge on any atom is 0.243 e. The monoisotopic (exact) mass is 429 g/mol. The Kier molecular flexibility index (Phi) is 5.49. The Hall–Kier alpha value is -2.55. The van der Waals surface area contributed by atoms with E-state index in [9.17, 15) is 8.42 Å². The van der Waals surface area contributed by atoms with Gasteiger partial charge in [-0.1, -0.05) is 11.6 Å². The van der Waals surface area contributed by atoms with Crippen LogP contribution in [0.25, 0.3) is 11.4 Å². The number of hydrogen-bond acceptors (Lipinski definition) is 6. The van der Waals surface area contributed by atoms with Crippen LogP contribution in [0.2, 0.25) is 5.02 Å². The molecule has 4 rings (SSSR count).